The van der Waals surface area contributed by atoms with Crippen LogP contribution in [0.25, 0.3) is 6.08 Å². The van der Waals surface area contributed by atoms with Crippen LogP contribution in [0.4, 0.5) is 0 Å². The lowest BCUT2D eigenvalue weighted by atomic mass is 10.2. The fraction of sp³-hybridized carbons (Fsp3) is 0.214. The number of rotatable bonds is 4. The van der Waals surface area contributed by atoms with E-state index in [0.29, 0.717) is 12.1 Å². The summed E-state index contributed by atoms with van der Waals surface area (Å²) in [6.07, 6.45) is 2.23. The van der Waals surface area contributed by atoms with Gasteiger partial charge in [0, 0.05) is 0 Å². The van der Waals surface area contributed by atoms with E-state index >= 15 is 0 Å². The topological polar surface area (TPSA) is 96.0 Å². The lowest BCUT2D eigenvalue weighted by Crippen LogP contribution is -2.42. The van der Waals surface area contributed by atoms with Gasteiger partial charge in [-0.15, -0.1) is 0 Å². The number of carbonyl (C=O) groups is 2. The van der Waals surface area contributed by atoms with Gasteiger partial charge in [0.15, 0.2) is 0 Å². The Balaban J connectivity index is 2.34. The van der Waals surface area contributed by atoms with E-state index in [0.717, 1.165) is 5.56 Å². The standard InChI is InChI=1S/C14H15N3O3/c1-9(15)13-16-12(14(20)17(13)6-7-18)8-10-2-4-11(19)5-3-10/h2-5,7-9,19H,6,15H2,1H3/b12-8-/t9-/m0/s1. The summed E-state index contributed by atoms with van der Waals surface area (Å²) in [6, 6.07) is 5.93. The first kappa shape index (κ1) is 14.0. The van der Waals surface area contributed by atoms with Gasteiger partial charge >= 0.3 is 0 Å². The number of phenols is 1. The third kappa shape index (κ3) is 2.75. The lowest BCUT2D eigenvalue weighted by Gasteiger charge is -2.17. The smallest absolute Gasteiger partial charge is 0.278 e. The molecule has 1 aromatic rings. The molecule has 0 saturated carbocycles. The molecule has 1 aliphatic heterocycles. The molecule has 0 fully saturated rings. The highest BCUT2D eigenvalue weighted by atomic mass is 16.3. The molecule has 0 spiro atoms. The molecular formula is C14H15N3O3. The molecule has 1 atom stereocenters. The number of aliphatic imine (C=N–C) groups is 1. The summed E-state index contributed by atoms with van der Waals surface area (Å²) < 4.78 is 0. The zero-order chi connectivity index (χ0) is 14.7. The third-order valence-corrected chi connectivity index (χ3v) is 2.84. The van der Waals surface area contributed by atoms with Crippen LogP contribution in [0.3, 0.4) is 0 Å². The number of nitrogens with two attached hydrogens (primary N) is 1. The van der Waals surface area contributed by atoms with Crippen LogP contribution in [0.15, 0.2) is 35.0 Å². The highest BCUT2D eigenvalue weighted by Gasteiger charge is 2.31. The molecule has 1 aliphatic rings. The first-order chi connectivity index (χ1) is 9.52. The number of aldehydes is 1. The van der Waals surface area contributed by atoms with Crippen LogP contribution >= 0.6 is 0 Å². The maximum atomic E-state index is 12.2. The van der Waals surface area contributed by atoms with Crippen molar-refractivity contribution in [1.82, 2.24) is 4.90 Å². The molecule has 0 saturated heterocycles. The number of carbonyl (C=O) groups excluding carboxylic acids is 2. The molecule has 6 nitrogen and oxygen atoms in total. The van der Waals surface area contributed by atoms with E-state index < -0.39 is 6.04 Å². The normalized spacial score (nSPS) is 18.3. The van der Waals surface area contributed by atoms with Crippen molar-refractivity contribution in [2.45, 2.75) is 13.0 Å². The van der Waals surface area contributed by atoms with Gasteiger partial charge in [-0.1, -0.05) is 12.1 Å². The summed E-state index contributed by atoms with van der Waals surface area (Å²) >= 11 is 0. The van der Waals surface area contributed by atoms with Crippen LogP contribution in [-0.2, 0) is 9.59 Å². The van der Waals surface area contributed by atoms with Crippen molar-refractivity contribution in [2.24, 2.45) is 10.7 Å². The summed E-state index contributed by atoms with van der Waals surface area (Å²) in [5.41, 5.74) is 6.71. The quantitative estimate of drug-likeness (QED) is 0.617. The lowest BCUT2D eigenvalue weighted by molar-refractivity contribution is -0.124. The molecule has 1 amide bonds. The molecule has 2 rings (SSSR count). The van der Waals surface area contributed by atoms with Gasteiger partial charge in [0.2, 0.25) is 0 Å². The summed E-state index contributed by atoms with van der Waals surface area (Å²) in [5, 5.41) is 9.22. The number of phenolic OH excluding ortho intramolecular Hbond substituents is 1. The van der Waals surface area contributed by atoms with Crippen molar-refractivity contribution in [3.8, 4) is 5.75 Å². The van der Waals surface area contributed by atoms with E-state index in [1.165, 1.54) is 17.0 Å². The van der Waals surface area contributed by atoms with E-state index in [1.807, 2.05) is 0 Å². The maximum absolute atomic E-state index is 12.2. The average molecular weight is 273 g/mol. The first-order valence-corrected chi connectivity index (χ1v) is 6.13. The minimum atomic E-state index is -0.440. The molecule has 3 N–H and O–H groups in total. The molecule has 20 heavy (non-hydrogen) atoms. The summed E-state index contributed by atoms with van der Waals surface area (Å²) in [5.74, 6) is 0.178. The first-order valence-electron chi connectivity index (χ1n) is 6.13. The molecule has 6 heteroatoms. The van der Waals surface area contributed by atoms with Crippen LogP contribution in [0.5, 0.6) is 5.75 Å². The number of aromatic hydroxyl groups is 1. The fourth-order valence-corrected chi connectivity index (χ4v) is 1.89. The minimum Gasteiger partial charge on any atom is -0.508 e. The molecule has 0 bridgehead atoms. The Kier molecular flexibility index (Phi) is 3.95. The van der Waals surface area contributed by atoms with E-state index in [1.54, 1.807) is 25.1 Å². The van der Waals surface area contributed by atoms with Crippen LogP contribution in [-0.4, -0.2) is 40.6 Å². The Morgan fingerprint density at radius 1 is 1.40 bits per heavy atom. The second-order valence-electron chi connectivity index (χ2n) is 4.46. The molecule has 0 aliphatic carbocycles. The van der Waals surface area contributed by atoms with Gasteiger partial charge in [0.05, 0.1) is 12.6 Å². The number of nitrogens with zero attached hydrogens (tertiary/aromatic N) is 2. The van der Waals surface area contributed by atoms with Crippen LogP contribution in [0.2, 0.25) is 0 Å². The predicted molar refractivity (Wildman–Crippen MR) is 74.9 cm³/mol. The van der Waals surface area contributed by atoms with Crippen LogP contribution in [0.1, 0.15) is 12.5 Å². The second-order valence-corrected chi connectivity index (χ2v) is 4.46. The SMILES string of the molecule is C[C@H](N)C1=N/C(=C\c2ccc(O)cc2)C(=O)N1CC=O. The van der Waals surface area contributed by atoms with Gasteiger partial charge in [-0.05, 0) is 30.7 Å². The minimum absolute atomic E-state index is 0.0634. The Bertz CT molecular complexity index is 588. The largest absolute Gasteiger partial charge is 0.508 e. The maximum Gasteiger partial charge on any atom is 0.278 e. The van der Waals surface area contributed by atoms with Gasteiger partial charge in [0.25, 0.3) is 5.91 Å². The van der Waals surface area contributed by atoms with Crippen molar-refractivity contribution in [1.29, 1.82) is 0 Å². The molecule has 1 aromatic carbocycles. The highest BCUT2D eigenvalue weighted by Crippen LogP contribution is 2.20. The Labute approximate surface area is 116 Å². The average Bonchev–Trinajstić information content (AvgIpc) is 2.71. The van der Waals surface area contributed by atoms with E-state index in [9.17, 15) is 14.7 Å². The van der Waals surface area contributed by atoms with Crippen LogP contribution in [0, 0.1) is 0 Å². The summed E-state index contributed by atoms with van der Waals surface area (Å²) in [7, 11) is 0. The molecule has 0 unspecified atom stereocenters. The molecular weight excluding hydrogens is 258 g/mol. The summed E-state index contributed by atoms with van der Waals surface area (Å²) in [6.45, 7) is 1.64. The van der Waals surface area contributed by atoms with Crippen molar-refractivity contribution < 1.29 is 14.7 Å². The van der Waals surface area contributed by atoms with E-state index in [4.69, 9.17) is 5.73 Å². The third-order valence-electron chi connectivity index (χ3n) is 2.84. The predicted octanol–water partition coefficient (Wildman–Crippen LogP) is 0.520. The van der Waals surface area contributed by atoms with E-state index in [-0.39, 0.29) is 23.9 Å². The van der Waals surface area contributed by atoms with Crippen molar-refractivity contribution in [3.63, 3.8) is 0 Å². The number of hydrogen-bond acceptors (Lipinski definition) is 5. The fourth-order valence-electron chi connectivity index (χ4n) is 1.89. The Morgan fingerprint density at radius 3 is 2.60 bits per heavy atom. The van der Waals surface area contributed by atoms with E-state index in [2.05, 4.69) is 4.99 Å². The van der Waals surface area contributed by atoms with Crippen molar-refractivity contribution in [2.75, 3.05) is 6.54 Å². The zero-order valence-electron chi connectivity index (χ0n) is 11.0. The number of benzene rings is 1. The van der Waals surface area contributed by atoms with Crippen molar-refractivity contribution in [3.05, 3.63) is 35.5 Å². The Morgan fingerprint density at radius 2 is 2.05 bits per heavy atom. The number of amides is 1. The second kappa shape index (κ2) is 5.66. The van der Waals surface area contributed by atoms with Gasteiger partial charge in [0.1, 0.15) is 23.6 Å². The van der Waals surface area contributed by atoms with Gasteiger partial charge in [-0.3, -0.25) is 9.69 Å². The Hall–Kier alpha value is -2.47. The van der Waals surface area contributed by atoms with Gasteiger partial charge < -0.3 is 15.6 Å². The van der Waals surface area contributed by atoms with Gasteiger partial charge in [-0.25, -0.2) is 4.99 Å². The van der Waals surface area contributed by atoms with Crippen LogP contribution < -0.4 is 5.73 Å². The van der Waals surface area contributed by atoms with Crippen molar-refractivity contribution >= 4 is 24.1 Å². The zero-order valence-corrected chi connectivity index (χ0v) is 11.0. The monoisotopic (exact) mass is 273 g/mol. The van der Waals surface area contributed by atoms with Gasteiger partial charge in [-0.2, -0.15) is 0 Å². The molecule has 0 aromatic heterocycles. The molecule has 104 valence electrons. The number of amidine groups is 1. The highest BCUT2D eigenvalue weighted by molar-refractivity contribution is 6.16. The molecule has 0 radical (unpaired) electrons. The summed E-state index contributed by atoms with van der Waals surface area (Å²) in [4.78, 5) is 28.3. The molecule has 1 heterocycles. The number of hydrogen-bond donors (Lipinski definition) is 2.